The monoisotopic (exact) mass is 140 g/mol. The molecule has 9 heavy (non-hydrogen) atoms. The Hall–Kier alpha value is -0.200. The number of aliphatic hydroxyl groups is 5. The summed E-state index contributed by atoms with van der Waals surface area (Å²) in [7, 11) is 0. The lowest BCUT2D eigenvalue weighted by Gasteiger charge is -1.90. The zero-order chi connectivity index (χ0) is 7.86. The molecule has 5 nitrogen and oxygen atoms in total. The van der Waals surface area contributed by atoms with Gasteiger partial charge >= 0.3 is 0 Å². The van der Waals surface area contributed by atoms with E-state index in [1.54, 1.807) is 0 Å². The van der Waals surface area contributed by atoms with Crippen LogP contribution in [0.15, 0.2) is 0 Å². The van der Waals surface area contributed by atoms with Gasteiger partial charge in [0.15, 0.2) is 0 Å². The molecule has 1 atom stereocenters. The van der Waals surface area contributed by atoms with Gasteiger partial charge in [-0.3, -0.25) is 0 Å². The number of aliphatic hydroxyl groups excluding tert-OH is 3. The number of rotatable bonds is 1. The van der Waals surface area contributed by atoms with Crippen LogP contribution in [0.4, 0.5) is 0 Å². The van der Waals surface area contributed by atoms with Gasteiger partial charge in [-0.15, -0.1) is 0 Å². The lowest BCUT2D eigenvalue weighted by Crippen LogP contribution is -2.03. The van der Waals surface area contributed by atoms with Gasteiger partial charge in [0.25, 0.3) is 6.48 Å². The van der Waals surface area contributed by atoms with Crippen molar-refractivity contribution in [3.05, 3.63) is 0 Å². The summed E-state index contributed by atoms with van der Waals surface area (Å²) >= 11 is 0. The highest BCUT2D eigenvalue weighted by molar-refractivity contribution is 4.33. The van der Waals surface area contributed by atoms with Gasteiger partial charge in [-0.1, -0.05) is 0 Å². The molecule has 5 N–H and O–H groups in total. The maximum absolute atomic E-state index is 8.11. The molecule has 5 heteroatoms. The summed E-state index contributed by atoms with van der Waals surface area (Å²) in [5, 5.41) is 37.5. The molecule has 0 aromatic carbocycles. The molecule has 1 unspecified atom stereocenters. The van der Waals surface area contributed by atoms with Crippen LogP contribution in [0.1, 0.15) is 6.92 Å². The smallest absolute Gasteiger partial charge is 0.263 e. The van der Waals surface area contributed by atoms with Crippen molar-refractivity contribution in [2.75, 3.05) is 6.61 Å². The maximum Gasteiger partial charge on any atom is 0.263 e. The van der Waals surface area contributed by atoms with Gasteiger partial charge in [-0.2, -0.15) is 0 Å². The Morgan fingerprint density at radius 3 is 1.22 bits per heavy atom. The quantitative estimate of drug-likeness (QED) is 0.261. The van der Waals surface area contributed by atoms with Crippen LogP contribution in [0.5, 0.6) is 0 Å². The minimum absolute atomic E-state index is 0.139. The Morgan fingerprint density at radius 2 is 1.22 bits per heavy atom. The lowest BCUT2D eigenvalue weighted by atomic mass is 10.5. The van der Waals surface area contributed by atoms with E-state index >= 15 is 0 Å². The molecule has 58 valence electrons. The summed E-state index contributed by atoms with van der Waals surface area (Å²) in [6.07, 6.45) is -0.560. The second-order valence-corrected chi connectivity index (χ2v) is 1.38. The van der Waals surface area contributed by atoms with E-state index in [0.717, 1.165) is 0 Å². The highest BCUT2D eigenvalue weighted by atomic mass is 16.6. The summed E-state index contributed by atoms with van der Waals surface area (Å²) < 4.78 is 0. The van der Waals surface area contributed by atoms with Crippen molar-refractivity contribution in [2.24, 2.45) is 0 Å². The molecule has 0 aliphatic carbocycles. The summed E-state index contributed by atoms with van der Waals surface area (Å²) in [5.41, 5.74) is 0. The molecule has 0 rings (SSSR count). The molecule has 0 heterocycles. The minimum atomic E-state index is -2.17. The van der Waals surface area contributed by atoms with E-state index in [-0.39, 0.29) is 6.61 Å². The van der Waals surface area contributed by atoms with Gasteiger partial charge in [-0.25, -0.2) is 0 Å². The van der Waals surface area contributed by atoms with Gasteiger partial charge in [0.05, 0.1) is 12.7 Å². The van der Waals surface area contributed by atoms with Crippen LogP contribution in [0.25, 0.3) is 0 Å². The molecule has 0 aromatic heterocycles. The zero-order valence-corrected chi connectivity index (χ0v) is 5.10. The van der Waals surface area contributed by atoms with Crippen LogP contribution in [-0.2, 0) is 0 Å². The highest BCUT2D eigenvalue weighted by Gasteiger charge is 1.83. The molecule has 0 aromatic rings. The van der Waals surface area contributed by atoms with E-state index in [1.165, 1.54) is 6.92 Å². The van der Waals surface area contributed by atoms with Crippen LogP contribution < -0.4 is 0 Å². The van der Waals surface area contributed by atoms with Crippen molar-refractivity contribution in [1.82, 2.24) is 0 Å². The van der Waals surface area contributed by atoms with Crippen molar-refractivity contribution in [3.63, 3.8) is 0 Å². The standard InChI is InChI=1S/C3H8O2.CH4O3/c1-3(5)2-4;2-1(3)4/h3-5H,2H2,1H3;1-4H. The molecule has 0 aliphatic rings. The van der Waals surface area contributed by atoms with Crippen LogP contribution in [0.2, 0.25) is 0 Å². The average Bonchev–Trinajstić information content (AvgIpc) is 1.65. The van der Waals surface area contributed by atoms with Crippen LogP contribution in [-0.4, -0.2) is 44.7 Å². The first kappa shape index (κ1) is 11.6. The molecule has 0 amide bonds. The predicted octanol–water partition coefficient (Wildman–Crippen LogP) is -2.39. The van der Waals surface area contributed by atoms with E-state index in [4.69, 9.17) is 25.5 Å². The Balaban J connectivity index is 0. The van der Waals surface area contributed by atoms with Crippen molar-refractivity contribution in [1.29, 1.82) is 0 Å². The molecule has 0 saturated heterocycles. The number of hydrogen-bond donors (Lipinski definition) is 5. The van der Waals surface area contributed by atoms with E-state index in [2.05, 4.69) is 0 Å². The van der Waals surface area contributed by atoms with Crippen molar-refractivity contribution < 1.29 is 25.5 Å². The molecule has 0 fully saturated rings. The van der Waals surface area contributed by atoms with Gasteiger partial charge in [-0.05, 0) is 6.92 Å². The Morgan fingerprint density at radius 1 is 1.11 bits per heavy atom. The zero-order valence-electron chi connectivity index (χ0n) is 5.10. The van der Waals surface area contributed by atoms with Crippen molar-refractivity contribution in [2.45, 2.75) is 19.5 Å². The average molecular weight is 140 g/mol. The maximum atomic E-state index is 8.11. The Kier molecular flexibility index (Phi) is 10.0. The fraction of sp³-hybridized carbons (Fsp3) is 1.00. The summed E-state index contributed by atoms with van der Waals surface area (Å²) in [6.45, 7) is -0.778. The number of hydrogen-bond acceptors (Lipinski definition) is 5. The first-order valence-electron chi connectivity index (χ1n) is 2.33. The predicted molar refractivity (Wildman–Crippen MR) is 29.2 cm³/mol. The summed E-state index contributed by atoms with van der Waals surface area (Å²) in [5.74, 6) is 0. The normalized spacial score (nSPS) is 12.3. The molecular formula is C4H12O5. The van der Waals surface area contributed by atoms with Crippen molar-refractivity contribution in [3.8, 4) is 0 Å². The largest absolute Gasteiger partial charge is 0.394 e. The van der Waals surface area contributed by atoms with E-state index < -0.39 is 12.6 Å². The van der Waals surface area contributed by atoms with E-state index in [1.807, 2.05) is 0 Å². The summed E-state index contributed by atoms with van der Waals surface area (Å²) in [6, 6.07) is 0. The topological polar surface area (TPSA) is 101 Å². The van der Waals surface area contributed by atoms with Crippen LogP contribution in [0.3, 0.4) is 0 Å². The molecule has 0 saturated carbocycles. The fourth-order valence-electron chi connectivity index (χ4n) is 0. The first-order valence-corrected chi connectivity index (χ1v) is 2.33. The fourth-order valence-corrected chi connectivity index (χ4v) is 0. The highest BCUT2D eigenvalue weighted by Crippen LogP contribution is 1.68. The van der Waals surface area contributed by atoms with Gasteiger partial charge < -0.3 is 25.5 Å². The third-order valence-corrected chi connectivity index (χ3v) is 0.264. The SMILES string of the molecule is CC(O)CO.OC(O)O. The van der Waals surface area contributed by atoms with E-state index in [0.29, 0.717) is 0 Å². The van der Waals surface area contributed by atoms with Gasteiger partial charge in [0.1, 0.15) is 0 Å². The first-order chi connectivity index (χ1) is 4.00. The van der Waals surface area contributed by atoms with E-state index in [9.17, 15) is 0 Å². The second kappa shape index (κ2) is 7.80. The Labute approximate surface area is 52.8 Å². The third-order valence-electron chi connectivity index (χ3n) is 0.264. The van der Waals surface area contributed by atoms with Crippen molar-refractivity contribution >= 4 is 0 Å². The summed E-state index contributed by atoms with van der Waals surface area (Å²) in [4.78, 5) is 0. The second-order valence-electron chi connectivity index (χ2n) is 1.38. The molecule has 0 bridgehead atoms. The Bertz CT molecular complexity index is 41.5. The molecule has 0 aliphatic heterocycles. The van der Waals surface area contributed by atoms with Crippen LogP contribution >= 0.6 is 0 Å². The molecule has 0 spiro atoms. The lowest BCUT2D eigenvalue weighted by molar-refractivity contribution is -0.198. The molecular weight excluding hydrogens is 128 g/mol. The minimum Gasteiger partial charge on any atom is -0.394 e. The molecule has 0 radical (unpaired) electrons. The third kappa shape index (κ3) is 81.0. The van der Waals surface area contributed by atoms with Gasteiger partial charge in [0, 0.05) is 0 Å². The van der Waals surface area contributed by atoms with Gasteiger partial charge in [0.2, 0.25) is 0 Å². The van der Waals surface area contributed by atoms with Crippen LogP contribution in [0, 0.1) is 0 Å².